The number of nitrogens with two attached hydrogens (primary N) is 1. The molecule has 1 rings (SSSR count). The topological polar surface area (TPSA) is 80.4 Å². The Morgan fingerprint density at radius 3 is 2.38 bits per heavy atom. The van der Waals surface area contributed by atoms with Crippen molar-refractivity contribution in [2.24, 2.45) is 5.73 Å². The normalized spacial score (nSPS) is 13.6. The molecule has 0 saturated carbocycles. The van der Waals surface area contributed by atoms with Crippen LogP contribution in [0.25, 0.3) is 0 Å². The number of aromatic hydroxyl groups is 1. The van der Waals surface area contributed by atoms with Crippen LogP contribution in [-0.2, 0) is 15.6 Å². The molecule has 0 saturated heterocycles. The van der Waals surface area contributed by atoms with Crippen LogP contribution in [0.5, 0.6) is 5.75 Å². The van der Waals surface area contributed by atoms with Crippen LogP contribution in [0.1, 0.15) is 18.9 Å². The van der Waals surface area contributed by atoms with Crippen LogP contribution in [-0.4, -0.2) is 25.3 Å². The van der Waals surface area contributed by atoms with E-state index in [2.05, 4.69) is 0 Å². The molecule has 0 aromatic heterocycles. The van der Waals surface area contributed by atoms with Crippen LogP contribution < -0.4 is 5.73 Å². The van der Waals surface area contributed by atoms with Gasteiger partial charge in [0.25, 0.3) is 0 Å². The molecule has 5 heteroatoms. The highest BCUT2D eigenvalue weighted by molar-refractivity contribution is 7.90. The average Bonchev–Trinajstić information content (AvgIpc) is 2.20. The second-order valence-electron chi connectivity index (χ2n) is 3.89. The first kappa shape index (κ1) is 13.0. The Bertz CT molecular complexity index is 425. The molecular weight excluding hydrogens is 226 g/mol. The summed E-state index contributed by atoms with van der Waals surface area (Å²) >= 11 is 0. The van der Waals surface area contributed by atoms with Crippen LogP contribution >= 0.6 is 0 Å². The highest BCUT2D eigenvalue weighted by Crippen LogP contribution is 2.13. The summed E-state index contributed by atoms with van der Waals surface area (Å²) in [5.41, 5.74) is 6.29. The van der Waals surface area contributed by atoms with Crippen molar-refractivity contribution >= 4 is 9.84 Å². The first-order valence-electron chi connectivity index (χ1n) is 5.17. The van der Waals surface area contributed by atoms with Crippen LogP contribution in [0.15, 0.2) is 24.3 Å². The van der Waals surface area contributed by atoms with Gasteiger partial charge in [-0.2, -0.15) is 0 Å². The van der Waals surface area contributed by atoms with Gasteiger partial charge in [0.15, 0.2) is 9.84 Å². The second kappa shape index (κ2) is 5.32. The van der Waals surface area contributed by atoms with Crippen LogP contribution in [0.4, 0.5) is 0 Å². The fraction of sp³-hybridized carbons (Fsp3) is 0.455. The van der Waals surface area contributed by atoms with Crippen molar-refractivity contribution in [3.05, 3.63) is 29.8 Å². The van der Waals surface area contributed by atoms with Gasteiger partial charge in [-0.15, -0.1) is 0 Å². The van der Waals surface area contributed by atoms with E-state index in [9.17, 15) is 8.42 Å². The molecule has 3 N–H and O–H groups in total. The molecule has 1 aromatic carbocycles. The molecular formula is C11H17NO3S. The number of hydrogen-bond acceptors (Lipinski definition) is 4. The van der Waals surface area contributed by atoms with Gasteiger partial charge in [0.2, 0.25) is 0 Å². The lowest BCUT2D eigenvalue weighted by atomic mass is 10.2. The van der Waals surface area contributed by atoms with Gasteiger partial charge in [-0.1, -0.05) is 19.1 Å². The standard InChI is InChI=1S/C11H17NO3S/c1-2-10(12)8-16(14,15)7-9-3-5-11(13)6-4-9/h3-6,10,13H,2,7-8,12H2,1H3. The van der Waals surface area contributed by atoms with Crippen LogP contribution in [0.3, 0.4) is 0 Å². The molecule has 4 nitrogen and oxygen atoms in total. The monoisotopic (exact) mass is 243 g/mol. The molecule has 0 aliphatic carbocycles. The van der Waals surface area contributed by atoms with Crippen LogP contribution in [0, 0.1) is 0 Å². The molecule has 0 bridgehead atoms. The van der Waals surface area contributed by atoms with Gasteiger partial charge in [0.1, 0.15) is 5.75 Å². The average molecular weight is 243 g/mol. The summed E-state index contributed by atoms with van der Waals surface area (Å²) in [6.45, 7) is 1.86. The number of sulfone groups is 1. The molecule has 16 heavy (non-hydrogen) atoms. The predicted octanol–water partition coefficient (Wildman–Crippen LogP) is 1.04. The molecule has 0 heterocycles. The fourth-order valence-electron chi connectivity index (χ4n) is 1.35. The number of phenols is 1. The molecule has 1 unspecified atom stereocenters. The van der Waals surface area contributed by atoms with Crippen molar-refractivity contribution in [1.29, 1.82) is 0 Å². The minimum Gasteiger partial charge on any atom is -0.508 e. The maximum Gasteiger partial charge on any atom is 0.155 e. The summed E-state index contributed by atoms with van der Waals surface area (Å²) in [7, 11) is -3.17. The van der Waals surface area contributed by atoms with Crippen molar-refractivity contribution < 1.29 is 13.5 Å². The second-order valence-corrected chi connectivity index (χ2v) is 6.00. The third-order valence-corrected chi connectivity index (χ3v) is 4.02. The fourth-order valence-corrected chi connectivity index (χ4v) is 3.06. The van der Waals surface area contributed by atoms with Gasteiger partial charge >= 0.3 is 0 Å². The number of hydrogen-bond donors (Lipinski definition) is 2. The lowest BCUT2D eigenvalue weighted by Gasteiger charge is -2.09. The largest absolute Gasteiger partial charge is 0.508 e. The summed E-state index contributed by atoms with van der Waals surface area (Å²) in [5.74, 6) is 0.108. The van der Waals surface area contributed by atoms with Gasteiger partial charge in [0, 0.05) is 6.04 Å². The highest BCUT2D eigenvalue weighted by atomic mass is 32.2. The Kier molecular flexibility index (Phi) is 4.32. The quantitative estimate of drug-likeness (QED) is 0.810. The first-order chi connectivity index (χ1) is 7.43. The number of benzene rings is 1. The van der Waals surface area contributed by atoms with E-state index >= 15 is 0 Å². The SMILES string of the molecule is CCC(N)CS(=O)(=O)Cc1ccc(O)cc1. The Hall–Kier alpha value is -1.07. The highest BCUT2D eigenvalue weighted by Gasteiger charge is 2.15. The third-order valence-electron chi connectivity index (χ3n) is 2.32. The summed E-state index contributed by atoms with van der Waals surface area (Å²) < 4.78 is 23.4. The summed E-state index contributed by atoms with van der Waals surface area (Å²) in [5, 5.41) is 9.07. The molecule has 1 aromatic rings. The van der Waals surface area contributed by atoms with Crippen molar-refractivity contribution in [3.8, 4) is 5.75 Å². The van der Waals surface area contributed by atoms with Gasteiger partial charge in [0.05, 0.1) is 11.5 Å². The van der Waals surface area contributed by atoms with Gasteiger partial charge < -0.3 is 10.8 Å². The molecule has 0 radical (unpaired) electrons. The molecule has 0 aliphatic rings. The van der Waals surface area contributed by atoms with E-state index in [4.69, 9.17) is 10.8 Å². The summed E-state index contributed by atoms with van der Waals surface area (Å²) in [4.78, 5) is 0. The van der Waals surface area contributed by atoms with Crippen molar-refractivity contribution in [3.63, 3.8) is 0 Å². The third kappa shape index (κ3) is 4.20. The Balaban J connectivity index is 2.69. The predicted molar refractivity (Wildman–Crippen MR) is 63.9 cm³/mol. The molecule has 0 aliphatic heterocycles. The Morgan fingerprint density at radius 2 is 1.88 bits per heavy atom. The van der Waals surface area contributed by atoms with E-state index in [1.54, 1.807) is 12.1 Å². The Labute approximate surface area is 96.0 Å². The minimum atomic E-state index is -3.17. The number of phenolic OH excluding ortho intramolecular Hbond substituents is 1. The van der Waals surface area contributed by atoms with Gasteiger partial charge in [-0.05, 0) is 24.1 Å². The molecule has 0 spiro atoms. The van der Waals surface area contributed by atoms with Crippen molar-refractivity contribution in [1.82, 2.24) is 0 Å². The summed E-state index contributed by atoms with van der Waals surface area (Å²) in [6, 6.07) is 5.85. The van der Waals surface area contributed by atoms with Crippen LogP contribution in [0.2, 0.25) is 0 Å². The lowest BCUT2D eigenvalue weighted by Crippen LogP contribution is -2.29. The maximum absolute atomic E-state index is 11.7. The van der Waals surface area contributed by atoms with E-state index in [0.717, 1.165) is 0 Å². The maximum atomic E-state index is 11.7. The summed E-state index contributed by atoms with van der Waals surface area (Å²) in [6.07, 6.45) is 0.648. The van der Waals surface area contributed by atoms with Gasteiger partial charge in [-0.3, -0.25) is 0 Å². The molecule has 0 amide bonds. The zero-order chi connectivity index (χ0) is 12.2. The minimum absolute atomic E-state index is 0.00434. The number of rotatable bonds is 5. The van der Waals surface area contributed by atoms with E-state index < -0.39 is 9.84 Å². The van der Waals surface area contributed by atoms with Gasteiger partial charge in [-0.25, -0.2) is 8.42 Å². The van der Waals surface area contributed by atoms with Crippen molar-refractivity contribution in [2.45, 2.75) is 25.1 Å². The van der Waals surface area contributed by atoms with E-state index in [-0.39, 0.29) is 23.3 Å². The zero-order valence-corrected chi connectivity index (χ0v) is 10.1. The smallest absolute Gasteiger partial charge is 0.155 e. The van der Waals surface area contributed by atoms with E-state index in [0.29, 0.717) is 12.0 Å². The first-order valence-corrected chi connectivity index (χ1v) is 6.99. The molecule has 1 atom stereocenters. The van der Waals surface area contributed by atoms with E-state index in [1.807, 2.05) is 6.92 Å². The van der Waals surface area contributed by atoms with E-state index in [1.165, 1.54) is 12.1 Å². The van der Waals surface area contributed by atoms with Crippen molar-refractivity contribution in [2.75, 3.05) is 5.75 Å². The molecule has 90 valence electrons. The molecule has 0 fully saturated rings. The zero-order valence-electron chi connectivity index (χ0n) is 9.26. The lowest BCUT2D eigenvalue weighted by molar-refractivity contribution is 0.475. The Morgan fingerprint density at radius 1 is 1.31 bits per heavy atom.